The summed E-state index contributed by atoms with van der Waals surface area (Å²) in [6.07, 6.45) is 5.49. The molecule has 5 nitrogen and oxygen atoms in total. The number of aliphatic carboxylic acids is 1. The van der Waals surface area contributed by atoms with Gasteiger partial charge in [-0.1, -0.05) is 25.3 Å². The maximum Gasteiger partial charge on any atom is 0.341 e. The van der Waals surface area contributed by atoms with Gasteiger partial charge in [-0.15, -0.1) is 0 Å². The van der Waals surface area contributed by atoms with E-state index in [2.05, 4.69) is 12.2 Å². The van der Waals surface area contributed by atoms with Crippen molar-refractivity contribution in [2.75, 3.05) is 6.61 Å². The molecular formula is C16H21NO4. The summed E-state index contributed by atoms with van der Waals surface area (Å²) in [7, 11) is 0. The summed E-state index contributed by atoms with van der Waals surface area (Å²) < 4.78 is 5.09. The highest BCUT2D eigenvalue weighted by atomic mass is 16.5. The molecule has 1 aromatic rings. The maximum absolute atomic E-state index is 12.3. The van der Waals surface area contributed by atoms with Gasteiger partial charge in [-0.3, -0.25) is 4.79 Å². The first-order chi connectivity index (χ1) is 9.98. The van der Waals surface area contributed by atoms with E-state index in [4.69, 9.17) is 9.84 Å². The second-order valence-corrected chi connectivity index (χ2v) is 5.79. The zero-order valence-corrected chi connectivity index (χ0v) is 12.2. The molecule has 1 aliphatic carbocycles. The largest absolute Gasteiger partial charge is 0.482 e. The van der Waals surface area contributed by atoms with E-state index in [0.29, 0.717) is 11.3 Å². The van der Waals surface area contributed by atoms with Crippen molar-refractivity contribution in [3.8, 4) is 5.75 Å². The summed E-state index contributed by atoms with van der Waals surface area (Å²) in [6.45, 7) is 1.66. The number of amides is 1. The number of ether oxygens (including phenoxy) is 1. The van der Waals surface area contributed by atoms with Crippen molar-refractivity contribution in [3.05, 3.63) is 29.8 Å². The predicted octanol–water partition coefficient (Wildman–Crippen LogP) is 2.60. The molecule has 0 saturated heterocycles. The minimum atomic E-state index is -1.04. The predicted molar refractivity (Wildman–Crippen MR) is 78.5 cm³/mol. The third kappa shape index (κ3) is 4.48. The van der Waals surface area contributed by atoms with Crippen molar-refractivity contribution in [3.63, 3.8) is 0 Å². The Hall–Kier alpha value is -2.04. The Morgan fingerprint density at radius 2 is 2.00 bits per heavy atom. The molecule has 0 bridgehead atoms. The van der Waals surface area contributed by atoms with Crippen LogP contribution in [0.1, 0.15) is 49.4 Å². The highest BCUT2D eigenvalue weighted by Crippen LogP contribution is 2.28. The highest BCUT2D eigenvalue weighted by Gasteiger charge is 2.28. The van der Waals surface area contributed by atoms with Crippen molar-refractivity contribution < 1.29 is 19.4 Å². The molecular weight excluding hydrogens is 270 g/mol. The number of hydrogen-bond acceptors (Lipinski definition) is 3. The van der Waals surface area contributed by atoms with Crippen molar-refractivity contribution in [2.24, 2.45) is 0 Å². The number of carbonyl (C=O) groups is 2. The van der Waals surface area contributed by atoms with E-state index < -0.39 is 12.6 Å². The number of rotatable bonds is 5. The van der Waals surface area contributed by atoms with Crippen molar-refractivity contribution in [2.45, 2.75) is 44.6 Å². The van der Waals surface area contributed by atoms with Gasteiger partial charge in [0, 0.05) is 11.1 Å². The van der Waals surface area contributed by atoms with Crippen molar-refractivity contribution in [1.29, 1.82) is 0 Å². The average molecular weight is 291 g/mol. The van der Waals surface area contributed by atoms with Crippen LogP contribution in [0.5, 0.6) is 5.75 Å². The van der Waals surface area contributed by atoms with Crippen LogP contribution in [0.3, 0.4) is 0 Å². The third-order valence-corrected chi connectivity index (χ3v) is 3.83. The van der Waals surface area contributed by atoms with Crippen LogP contribution in [0.4, 0.5) is 0 Å². The standard InChI is InChI=1S/C16H21NO4/c1-16(8-3-2-4-9-16)17-15(20)12-6-5-7-13(10-12)21-11-14(18)19/h5-7,10H,2-4,8-9,11H2,1H3,(H,17,20)(H,18,19). The second kappa shape index (κ2) is 6.61. The van der Waals surface area contributed by atoms with Gasteiger partial charge < -0.3 is 15.2 Å². The average Bonchev–Trinajstić information content (AvgIpc) is 2.45. The number of hydrogen-bond donors (Lipinski definition) is 2. The number of carboxylic acid groups (broad SMARTS) is 1. The molecule has 0 heterocycles. The Balaban J connectivity index is 2.01. The molecule has 0 spiro atoms. The lowest BCUT2D eigenvalue weighted by atomic mass is 9.83. The highest BCUT2D eigenvalue weighted by molar-refractivity contribution is 5.95. The Labute approximate surface area is 124 Å². The molecule has 0 radical (unpaired) electrons. The molecule has 0 aliphatic heterocycles. The van der Waals surface area contributed by atoms with Crippen LogP contribution in [-0.4, -0.2) is 29.1 Å². The molecule has 1 aliphatic rings. The van der Waals surface area contributed by atoms with Crippen LogP contribution in [0.15, 0.2) is 24.3 Å². The van der Waals surface area contributed by atoms with Gasteiger partial charge >= 0.3 is 5.97 Å². The Morgan fingerprint density at radius 3 is 2.67 bits per heavy atom. The summed E-state index contributed by atoms with van der Waals surface area (Å²) in [4.78, 5) is 22.8. The smallest absolute Gasteiger partial charge is 0.341 e. The van der Waals surface area contributed by atoms with Crippen LogP contribution in [-0.2, 0) is 4.79 Å². The summed E-state index contributed by atoms with van der Waals surface area (Å²) in [5.74, 6) is -0.793. The number of carboxylic acids is 1. The molecule has 1 fully saturated rings. The van der Waals surface area contributed by atoms with Crippen LogP contribution in [0.2, 0.25) is 0 Å². The summed E-state index contributed by atoms with van der Waals surface area (Å²) >= 11 is 0. The van der Waals surface area contributed by atoms with Crippen molar-refractivity contribution in [1.82, 2.24) is 5.32 Å². The molecule has 0 unspecified atom stereocenters. The van der Waals surface area contributed by atoms with Gasteiger partial charge in [-0.25, -0.2) is 4.79 Å². The van der Waals surface area contributed by atoms with Crippen LogP contribution in [0.25, 0.3) is 0 Å². The minimum Gasteiger partial charge on any atom is -0.482 e. The molecule has 114 valence electrons. The summed E-state index contributed by atoms with van der Waals surface area (Å²) in [5.41, 5.74) is 0.345. The Bertz CT molecular complexity index is 521. The Kier molecular flexibility index (Phi) is 4.83. The summed E-state index contributed by atoms with van der Waals surface area (Å²) in [5, 5.41) is 11.7. The van der Waals surface area contributed by atoms with E-state index >= 15 is 0 Å². The molecule has 2 rings (SSSR count). The molecule has 1 aromatic carbocycles. The third-order valence-electron chi connectivity index (χ3n) is 3.83. The normalized spacial score (nSPS) is 17.0. The van der Waals surface area contributed by atoms with Gasteiger partial charge in [0.1, 0.15) is 5.75 Å². The van der Waals surface area contributed by atoms with E-state index in [1.54, 1.807) is 24.3 Å². The number of benzene rings is 1. The van der Waals surface area contributed by atoms with Gasteiger partial charge in [0.2, 0.25) is 0 Å². The van der Waals surface area contributed by atoms with Gasteiger partial charge in [0.15, 0.2) is 6.61 Å². The SMILES string of the molecule is CC1(NC(=O)c2cccc(OCC(=O)O)c2)CCCCC1. The lowest BCUT2D eigenvalue weighted by Gasteiger charge is -2.34. The van der Waals surface area contributed by atoms with E-state index in [1.165, 1.54) is 6.42 Å². The molecule has 1 saturated carbocycles. The lowest BCUT2D eigenvalue weighted by molar-refractivity contribution is -0.139. The first-order valence-corrected chi connectivity index (χ1v) is 7.26. The first kappa shape index (κ1) is 15.4. The van der Waals surface area contributed by atoms with Gasteiger partial charge in [0.05, 0.1) is 0 Å². The minimum absolute atomic E-state index is 0.139. The molecule has 0 atom stereocenters. The fourth-order valence-electron chi connectivity index (χ4n) is 2.68. The van der Waals surface area contributed by atoms with E-state index in [-0.39, 0.29) is 11.4 Å². The van der Waals surface area contributed by atoms with E-state index in [1.807, 2.05) is 0 Å². The molecule has 0 aromatic heterocycles. The Morgan fingerprint density at radius 1 is 1.29 bits per heavy atom. The molecule has 2 N–H and O–H groups in total. The van der Waals surface area contributed by atoms with E-state index in [9.17, 15) is 9.59 Å². The van der Waals surface area contributed by atoms with Gasteiger partial charge in [0.25, 0.3) is 5.91 Å². The van der Waals surface area contributed by atoms with Crippen LogP contribution >= 0.6 is 0 Å². The maximum atomic E-state index is 12.3. The first-order valence-electron chi connectivity index (χ1n) is 7.26. The lowest BCUT2D eigenvalue weighted by Crippen LogP contribution is -2.47. The zero-order chi connectivity index (χ0) is 15.3. The monoisotopic (exact) mass is 291 g/mol. The van der Waals surface area contributed by atoms with Gasteiger partial charge in [-0.2, -0.15) is 0 Å². The van der Waals surface area contributed by atoms with Crippen molar-refractivity contribution >= 4 is 11.9 Å². The fraction of sp³-hybridized carbons (Fsp3) is 0.500. The van der Waals surface area contributed by atoms with E-state index in [0.717, 1.165) is 25.7 Å². The van der Waals surface area contributed by atoms with Crippen LogP contribution < -0.4 is 10.1 Å². The fourth-order valence-corrected chi connectivity index (χ4v) is 2.68. The van der Waals surface area contributed by atoms with Crippen LogP contribution in [0, 0.1) is 0 Å². The molecule has 5 heteroatoms. The number of carbonyl (C=O) groups excluding carboxylic acids is 1. The molecule has 21 heavy (non-hydrogen) atoms. The molecule has 1 amide bonds. The quantitative estimate of drug-likeness (QED) is 0.874. The topological polar surface area (TPSA) is 75.6 Å². The summed E-state index contributed by atoms with van der Waals surface area (Å²) in [6, 6.07) is 6.61. The zero-order valence-electron chi connectivity index (χ0n) is 12.2. The number of nitrogens with one attached hydrogen (secondary N) is 1. The second-order valence-electron chi connectivity index (χ2n) is 5.79. The van der Waals surface area contributed by atoms with Gasteiger partial charge in [-0.05, 0) is 38.0 Å².